The van der Waals surface area contributed by atoms with Gasteiger partial charge in [-0.2, -0.15) is 0 Å². The summed E-state index contributed by atoms with van der Waals surface area (Å²) in [5, 5.41) is 0. The number of carbonyl (C=O) groups excluding carboxylic acids is 2. The second-order valence-corrected chi connectivity index (χ2v) is 5.80. The highest BCUT2D eigenvalue weighted by Crippen LogP contribution is 2.24. The summed E-state index contributed by atoms with van der Waals surface area (Å²) < 4.78 is 10.7. The van der Waals surface area contributed by atoms with E-state index < -0.39 is 17.0 Å². The number of carbonyl (C=O) groups is 2. The Bertz CT molecular complexity index is 291. The van der Waals surface area contributed by atoms with Crippen LogP contribution in [0, 0.1) is 5.41 Å². The van der Waals surface area contributed by atoms with Crippen LogP contribution in [-0.2, 0) is 19.1 Å². The van der Waals surface area contributed by atoms with Crippen molar-refractivity contribution in [3.8, 4) is 0 Å². The molecule has 0 radical (unpaired) electrons. The van der Waals surface area contributed by atoms with E-state index in [4.69, 9.17) is 9.47 Å². The number of hydrogen-bond acceptors (Lipinski definition) is 4. The molecule has 4 heteroatoms. The minimum atomic E-state index is -1.21. The molecule has 0 saturated heterocycles. The third kappa shape index (κ3) is 5.63. The van der Waals surface area contributed by atoms with Crippen molar-refractivity contribution in [2.75, 3.05) is 13.2 Å². The van der Waals surface area contributed by atoms with Gasteiger partial charge in [-0.15, -0.1) is 0 Å². The first kappa shape index (κ1) is 17.1. The normalized spacial score (nSPS) is 15.0. The van der Waals surface area contributed by atoms with Crippen molar-refractivity contribution in [2.45, 2.75) is 60.0 Å². The van der Waals surface area contributed by atoms with Gasteiger partial charge in [0.05, 0.1) is 6.61 Å². The van der Waals surface area contributed by atoms with Crippen LogP contribution < -0.4 is 0 Å². The van der Waals surface area contributed by atoms with E-state index in [1.807, 2.05) is 0 Å². The molecule has 0 fully saturated rings. The molecule has 1 atom stereocenters. The van der Waals surface area contributed by atoms with Crippen LogP contribution >= 0.6 is 0 Å². The Balaban J connectivity index is 4.61. The fourth-order valence-electron chi connectivity index (χ4n) is 1.22. The molecule has 0 aromatic carbocycles. The van der Waals surface area contributed by atoms with Crippen molar-refractivity contribution in [1.82, 2.24) is 0 Å². The van der Waals surface area contributed by atoms with Crippen LogP contribution in [-0.4, -0.2) is 30.6 Å². The Labute approximate surface area is 110 Å². The van der Waals surface area contributed by atoms with E-state index in [0.717, 1.165) is 12.8 Å². The Hall–Kier alpha value is -0.900. The number of esters is 1. The zero-order valence-corrected chi connectivity index (χ0v) is 12.5. The zero-order valence-electron chi connectivity index (χ0n) is 12.5. The zero-order chi connectivity index (χ0) is 14.4. The van der Waals surface area contributed by atoms with Gasteiger partial charge < -0.3 is 9.47 Å². The Morgan fingerprint density at radius 3 is 2.06 bits per heavy atom. The van der Waals surface area contributed by atoms with E-state index in [9.17, 15) is 9.59 Å². The lowest BCUT2D eigenvalue weighted by molar-refractivity contribution is -0.172. The average Bonchev–Trinajstić information content (AvgIpc) is 2.21. The maximum Gasteiger partial charge on any atom is 0.322 e. The number of hydrogen-bond donors (Lipinski definition) is 0. The predicted molar refractivity (Wildman–Crippen MR) is 70.4 cm³/mol. The van der Waals surface area contributed by atoms with Gasteiger partial charge in [-0.25, -0.2) is 0 Å². The van der Waals surface area contributed by atoms with E-state index >= 15 is 0 Å². The van der Waals surface area contributed by atoms with Crippen molar-refractivity contribution in [2.24, 2.45) is 5.41 Å². The first-order valence-electron chi connectivity index (χ1n) is 6.45. The van der Waals surface area contributed by atoms with Crippen molar-refractivity contribution >= 4 is 11.8 Å². The fourth-order valence-corrected chi connectivity index (χ4v) is 1.22. The molecule has 0 amide bonds. The van der Waals surface area contributed by atoms with Gasteiger partial charge in [0, 0.05) is 6.61 Å². The minimum Gasteiger partial charge on any atom is -0.459 e. The average molecular weight is 258 g/mol. The summed E-state index contributed by atoms with van der Waals surface area (Å²) in [5.74, 6) is -0.743. The highest BCUT2D eigenvalue weighted by atomic mass is 16.6. The summed E-state index contributed by atoms with van der Waals surface area (Å²) in [6, 6.07) is 0. The molecule has 0 aliphatic carbocycles. The Morgan fingerprint density at radius 2 is 1.67 bits per heavy atom. The van der Waals surface area contributed by atoms with Gasteiger partial charge in [-0.3, -0.25) is 9.59 Å². The molecule has 0 heterocycles. The summed E-state index contributed by atoms with van der Waals surface area (Å²) in [5.41, 5.74) is -1.81. The summed E-state index contributed by atoms with van der Waals surface area (Å²) in [6.45, 7) is 11.0. The quantitative estimate of drug-likeness (QED) is 0.400. The standard InChI is InChI=1S/C14H26O4/c1-7-8-9-17-10-14(6,11(2)15)12(16)18-13(3,4)5/h7-10H2,1-6H3. The summed E-state index contributed by atoms with van der Waals surface area (Å²) in [6.07, 6.45) is 1.94. The van der Waals surface area contributed by atoms with E-state index in [1.165, 1.54) is 6.92 Å². The molecule has 4 nitrogen and oxygen atoms in total. The Kier molecular flexibility index (Phi) is 6.54. The number of Topliss-reactive ketones (excluding diaryl/α,β-unsaturated/α-hetero) is 1. The van der Waals surface area contributed by atoms with Gasteiger partial charge in [0.1, 0.15) is 16.8 Å². The highest BCUT2D eigenvalue weighted by molar-refractivity contribution is 6.02. The highest BCUT2D eigenvalue weighted by Gasteiger charge is 2.42. The maximum atomic E-state index is 12.1. The second-order valence-electron chi connectivity index (χ2n) is 5.80. The van der Waals surface area contributed by atoms with Gasteiger partial charge in [0.25, 0.3) is 0 Å². The maximum absolute atomic E-state index is 12.1. The van der Waals surface area contributed by atoms with Crippen LogP contribution in [0.2, 0.25) is 0 Å². The molecule has 0 N–H and O–H groups in total. The molecule has 0 aromatic heterocycles. The van der Waals surface area contributed by atoms with Crippen LogP contribution in [0.5, 0.6) is 0 Å². The Morgan fingerprint density at radius 1 is 1.11 bits per heavy atom. The molecule has 0 aromatic rings. The first-order valence-corrected chi connectivity index (χ1v) is 6.45. The van der Waals surface area contributed by atoms with Gasteiger partial charge in [-0.1, -0.05) is 13.3 Å². The van der Waals surface area contributed by atoms with Crippen LogP contribution in [0.15, 0.2) is 0 Å². The van der Waals surface area contributed by atoms with Gasteiger partial charge in [0.2, 0.25) is 0 Å². The van der Waals surface area contributed by atoms with Crippen molar-refractivity contribution in [3.05, 3.63) is 0 Å². The summed E-state index contributed by atoms with van der Waals surface area (Å²) in [4.78, 5) is 23.7. The first-order chi connectivity index (χ1) is 8.13. The van der Waals surface area contributed by atoms with Crippen LogP contribution in [0.1, 0.15) is 54.4 Å². The molecule has 1 unspecified atom stereocenters. The number of ketones is 1. The van der Waals surface area contributed by atoms with E-state index in [0.29, 0.717) is 6.61 Å². The molecular formula is C14H26O4. The predicted octanol–water partition coefficient (Wildman–Crippen LogP) is 2.74. The van der Waals surface area contributed by atoms with Gasteiger partial charge in [0.15, 0.2) is 0 Å². The van der Waals surface area contributed by atoms with Crippen molar-refractivity contribution in [1.29, 1.82) is 0 Å². The van der Waals surface area contributed by atoms with E-state index in [-0.39, 0.29) is 12.4 Å². The van der Waals surface area contributed by atoms with Crippen molar-refractivity contribution in [3.63, 3.8) is 0 Å². The molecule has 0 saturated carbocycles. The molecule has 0 aliphatic heterocycles. The molecule has 0 spiro atoms. The lowest BCUT2D eigenvalue weighted by Crippen LogP contribution is -2.43. The van der Waals surface area contributed by atoms with Crippen LogP contribution in [0.4, 0.5) is 0 Å². The lowest BCUT2D eigenvalue weighted by atomic mass is 9.87. The van der Waals surface area contributed by atoms with E-state index in [1.54, 1.807) is 27.7 Å². The van der Waals surface area contributed by atoms with E-state index in [2.05, 4.69) is 6.92 Å². The lowest BCUT2D eigenvalue weighted by Gasteiger charge is -2.29. The topological polar surface area (TPSA) is 52.6 Å². The molecular weight excluding hydrogens is 232 g/mol. The molecule has 0 bridgehead atoms. The fraction of sp³-hybridized carbons (Fsp3) is 0.857. The number of ether oxygens (including phenoxy) is 2. The molecule has 18 heavy (non-hydrogen) atoms. The largest absolute Gasteiger partial charge is 0.459 e. The van der Waals surface area contributed by atoms with Crippen LogP contribution in [0.25, 0.3) is 0 Å². The minimum absolute atomic E-state index is 0.0806. The molecule has 106 valence electrons. The molecule has 0 rings (SSSR count). The summed E-state index contributed by atoms with van der Waals surface area (Å²) >= 11 is 0. The van der Waals surface area contributed by atoms with Crippen LogP contribution in [0.3, 0.4) is 0 Å². The third-order valence-corrected chi connectivity index (χ3v) is 2.66. The third-order valence-electron chi connectivity index (χ3n) is 2.66. The smallest absolute Gasteiger partial charge is 0.322 e. The molecule has 0 aliphatic rings. The number of rotatable bonds is 7. The second kappa shape index (κ2) is 6.88. The van der Waals surface area contributed by atoms with Gasteiger partial charge in [-0.05, 0) is 41.0 Å². The SMILES string of the molecule is CCCCOCC(C)(C(C)=O)C(=O)OC(C)(C)C. The monoisotopic (exact) mass is 258 g/mol. The van der Waals surface area contributed by atoms with Crippen molar-refractivity contribution < 1.29 is 19.1 Å². The number of unbranched alkanes of at least 4 members (excludes halogenated alkanes) is 1. The van der Waals surface area contributed by atoms with Gasteiger partial charge >= 0.3 is 5.97 Å². The summed E-state index contributed by atoms with van der Waals surface area (Å²) in [7, 11) is 0.